The van der Waals surface area contributed by atoms with Crippen LogP contribution >= 0.6 is 0 Å². The number of nitrogens with zero attached hydrogens (tertiary/aromatic N) is 1. The van der Waals surface area contributed by atoms with Crippen molar-refractivity contribution in [3.8, 4) is 11.5 Å². The fraction of sp³-hybridized carbons (Fsp3) is 0.391. The molecule has 2 aliphatic heterocycles. The van der Waals surface area contributed by atoms with Crippen LogP contribution in [-0.2, 0) is 4.79 Å². The Morgan fingerprint density at radius 3 is 2.59 bits per heavy atom. The maximum atomic E-state index is 13.0. The Morgan fingerprint density at radius 1 is 1.07 bits per heavy atom. The average Bonchev–Trinajstić information content (AvgIpc) is 3.17. The third kappa shape index (κ3) is 4.06. The van der Waals surface area contributed by atoms with Crippen LogP contribution in [0.3, 0.4) is 0 Å². The molecule has 2 aromatic carbocycles. The van der Waals surface area contributed by atoms with Gasteiger partial charge in [-0.1, -0.05) is 26.0 Å². The van der Waals surface area contributed by atoms with E-state index in [1.165, 1.54) is 0 Å². The van der Waals surface area contributed by atoms with Crippen LogP contribution in [0.25, 0.3) is 0 Å². The minimum Gasteiger partial charge on any atom is -0.486 e. The summed E-state index contributed by atoms with van der Waals surface area (Å²) in [5.74, 6) is 1.58. The maximum absolute atomic E-state index is 13.0. The highest BCUT2D eigenvalue weighted by Crippen LogP contribution is 2.34. The summed E-state index contributed by atoms with van der Waals surface area (Å²) in [5, 5.41) is 3.15. The van der Waals surface area contributed by atoms with Crippen molar-refractivity contribution in [2.24, 2.45) is 5.92 Å². The molecule has 1 unspecified atom stereocenters. The standard InChI is InChI=1S/C23H26N2O4/c1-15(2)22(16-8-9-19-20(14-16)29-12-11-28-19)24-23(27)17-5-3-6-18(13-17)25-10-4-7-21(25)26/h3,5-6,8-9,13-15,22H,4,7,10-12H2,1-2H3,(H,24,27). The number of hydrogen-bond acceptors (Lipinski definition) is 4. The first kappa shape index (κ1) is 19.3. The van der Waals surface area contributed by atoms with E-state index in [4.69, 9.17) is 9.47 Å². The molecule has 152 valence electrons. The Bertz CT molecular complexity index is 925. The van der Waals surface area contributed by atoms with Crippen LogP contribution in [0.1, 0.15) is 48.7 Å². The predicted molar refractivity (Wildman–Crippen MR) is 111 cm³/mol. The highest BCUT2D eigenvalue weighted by atomic mass is 16.6. The number of carbonyl (C=O) groups excluding carboxylic acids is 2. The van der Waals surface area contributed by atoms with E-state index in [-0.39, 0.29) is 23.8 Å². The van der Waals surface area contributed by atoms with E-state index >= 15 is 0 Å². The molecule has 1 saturated heterocycles. The topological polar surface area (TPSA) is 67.9 Å². The average molecular weight is 394 g/mol. The van der Waals surface area contributed by atoms with Crippen molar-refractivity contribution in [1.29, 1.82) is 0 Å². The van der Waals surface area contributed by atoms with Crippen molar-refractivity contribution in [2.45, 2.75) is 32.7 Å². The molecule has 2 heterocycles. The first-order valence-corrected chi connectivity index (χ1v) is 10.1. The SMILES string of the molecule is CC(C)C(NC(=O)c1cccc(N2CCCC2=O)c1)c1ccc2c(c1)OCCO2. The molecule has 0 radical (unpaired) electrons. The molecule has 0 bridgehead atoms. The summed E-state index contributed by atoms with van der Waals surface area (Å²) in [6.07, 6.45) is 1.42. The smallest absolute Gasteiger partial charge is 0.251 e. The zero-order chi connectivity index (χ0) is 20.4. The first-order valence-electron chi connectivity index (χ1n) is 10.1. The second-order valence-corrected chi connectivity index (χ2v) is 7.80. The van der Waals surface area contributed by atoms with Crippen molar-refractivity contribution in [3.63, 3.8) is 0 Å². The summed E-state index contributed by atoms with van der Waals surface area (Å²) in [6.45, 7) is 5.92. The number of rotatable bonds is 5. The summed E-state index contributed by atoms with van der Waals surface area (Å²) >= 11 is 0. The van der Waals surface area contributed by atoms with Crippen LogP contribution in [0.4, 0.5) is 5.69 Å². The highest BCUT2D eigenvalue weighted by Gasteiger charge is 2.24. The number of carbonyl (C=O) groups is 2. The second-order valence-electron chi connectivity index (χ2n) is 7.80. The Labute approximate surface area is 170 Å². The predicted octanol–water partition coefficient (Wildman–Crippen LogP) is 3.71. The largest absolute Gasteiger partial charge is 0.486 e. The van der Waals surface area contributed by atoms with E-state index in [1.54, 1.807) is 17.0 Å². The van der Waals surface area contributed by atoms with Gasteiger partial charge in [0.1, 0.15) is 13.2 Å². The number of anilines is 1. The number of amides is 2. The first-order chi connectivity index (χ1) is 14.0. The lowest BCUT2D eigenvalue weighted by molar-refractivity contribution is -0.117. The van der Waals surface area contributed by atoms with E-state index in [0.717, 1.165) is 23.4 Å². The second kappa shape index (κ2) is 8.15. The molecule has 0 spiro atoms. The maximum Gasteiger partial charge on any atom is 0.251 e. The van der Waals surface area contributed by atoms with Crippen molar-refractivity contribution < 1.29 is 19.1 Å². The van der Waals surface area contributed by atoms with E-state index in [1.807, 2.05) is 30.3 Å². The molecule has 1 atom stereocenters. The lowest BCUT2D eigenvalue weighted by Crippen LogP contribution is -2.32. The van der Waals surface area contributed by atoms with Gasteiger partial charge in [0.15, 0.2) is 11.5 Å². The molecule has 0 aromatic heterocycles. The minimum atomic E-state index is -0.171. The van der Waals surface area contributed by atoms with E-state index in [9.17, 15) is 9.59 Å². The molecule has 6 nitrogen and oxygen atoms in total. The molecule has 1 N–H and O–H groups in total. The van der Waals surface area contributed by atoms with Crippen molar-refractivity contribution in [3.05, 3.63) is 53.6 Å². The number of benzene rings is 2. The van der Waals surface area contributed by atoms with Gasteiger partial charge in [0.2, 0.25) is 5.91 Å². The zero-order valence-corrected chi connectivity index (χ0v) is 16.8. The molecule has 0 aliphatic carbocycles. The molecule has 2 amide bonds. The van der Waals surface area contributed by atoms with Crippen LogP contribution in [0.2, 0.25) is 0 Å². The number of nitrogens with one attached hydrogen (secondary N) is 1. The van der Waals surface area contributed by atoms with Gasteiger partial charge >= 0.3 is 0 Å². The molecule has 2 aromatic rings. The Hall–Kier alpha value is -3.02. The summed E-state index contributed by atoms with van der Waals surface area (Å²) in [6, 6.07) is 12.9. The highest BCUT2D eigenvalue weighted by molar-refractivity contribution is 5.99. The van der Waals surface area contributed by atoms with Gasteiger partial charge in [-0.2, -0.15) is 0 Å². The molecular formula is C23H26N2O4. The number of hydrogen-bond donors (Lipinski definition) is 1. The van der Waals surface area contributed by atoms with Gasteiger partial charge in [0.05, 0.1) is 6.04 Å². The molecule has 0 saturated carbocycles. The van der Waals surface area contributed by atoms with Gasteiger partial charge in [0.25, 0.3) is 5.91 Å². The Morgan fingerprint density at radius 2 is 1.86 bits per heavy atom. The molecular weight excluding hydrogens is 368 g/mol. The molecule has 29 heavy (non-hydrogen) atoms. The van der Waals surface area contributed by atoms with Crippen molar-refractivity contribution >= 4 is 17.5 Å². The lowest BCUT2D eigenvalue weighted by Gasteiger charge is -2.25. The van der Waals surface area contributed by atoms with Crippen LogP contribution in [0, 0.1) is 5.92 Å². The fourth-order valence-electron chi connectivity index (χ4n) is 3.85. The molecule has 1 fully saturated rings. The monoisotopic (exact) mass is 394 g/mol. The van der Waals surface area contributed by atoms with Crippen LogP contribution < -0.4 is 19.7 Å². The summed E-state index contributed by atoms with van der Waals surface area (Å²) in [5.41, 5.74) is 2.30. The fourth-order valence-corrected chi connectivity index (χ4v) is 3.85. The molecule has 6 heteroatoms. The molecule has 2 aliphatic rings. The third-order valence-electron chi connectivity index (χ3n) is 5.37. The van der Waals surface area contributed by atoms with Gasteiger partial charge < -0.3 is 19.7 Å². The quantitative estimate of drug-likeness (QED) is 0.839. The van der Waals surface area contributed by atoms with E-state index in [2.05, 4.69) is 19.2 Å². The Kier molecular flexibility index (Phi) is 5.43. The number of fused-ring (bicyclic) bond motifs is 1. The Balaban J connectivity index is 1.54. The summed E-state index contributed by atoms with van der Waals surface area (Å²) < 4.78 is 11.3. The van der Waals surface area contributed by atoms with Crippen LogP contribution in [0.5, 0.6) is 11.5 Å². The summed E-state index contributed by atoms with van der Waals surface area (Å²) in [7, 11) is 0. The van der Waals surface area contributed by atoms with Gasteiger partial charge in [0, 0.05) is 24.2 Å². The van der Waals surface area contributed by atoms with E-state index < -0.39 is 0 Å². The van der Waals surface area contributed by atoms with Crippen LogP contribution in [0.15, 0.2) is 42.5 Å². The van der Waals surface area contributed by atoms with Gasteiger partial charge in [-0.05, 0) is 48.2 Å². The lowest BCUT2D eigenvalue weighted by atomic mass is 9.95. The molecule has 4 rings (SSSR count). The van der Waals surface area contributed by atoms with Gasteiger partial charge in [-0.15, -0.1) is 0 Å². The van der Waals surface area contributed by atoms with Crippen molar-refractivity contribution in [1.82, 2.24) is 5.32 Å². The van der Waals surface area contributed by atoms with Crippen LogP contribution in [-0.4, -0.2) is 31.6 Å². The number of ether oxygens (including phenoxy) is 2. The summed E-state index contributed by atoms with van der Waals surface area (Å²) in [4.78, 5) is 26.8. The van der Waals surface area contributed by atoms with Gasteiger partial charge in [-0.3, -0.25) is 9.59 Å². The zero-order valence-electron chi connectivity index (χ0n) is 16.8. The third-order valence-corrected chi connectivity index (χ3v) is 5.37. The van der Waals surface area contributed by atoms with Gasteiger partial charge in [-0.25, -0.2) is 0 Å². The normalized spacial score (nSPS) is 16.8. The van der Waals surface area contributed by atoms with E-state index in [0.29, 0.717) is 37.5 Å². The van der Waals surface area contributed by atoms with Crippen molar-refractivity contribution in [2.75, 3.05) is 24.7 Å². The minimum absolute atomic E-state index is 0.110.